The molecule has 0 amide bonds. The Bertz CT molecular complexity index is 1050. The van der Waals surface area contributed by atoms with Crippen LogP contribution in [0.1, 0.15) is 15.9 Å². The van der Waals surface area contributed by atoms with Crippen LogP contribution in [0.2, 0.25) is 20.1 Å². The summed E-state index contributed by atoms with van der Waals surface area (Å²) in [6.45, 7) is 0. The molecule has 4 aromatic carbocycles. The molecule has 0 saturated heterocycles. The Labute approximate surface area is 195 Å². The van der Waals surface area contributed by atoms with Crippen LogP contribution in [0, 0.1) is 0 Å². The fraction of sp³-hybridized carbons (Fsp3) is 0. The van der Waals surface area contributed by atoms with E-state index in [0.717, 1.165) is 21.2 Å². The highest BCUT2D eigenvalue weighted by molar-refractivity contribution is 6.36. The first-order valence-corrected chi connectivity index (χ1v) is 10.5. The summed E-state index contributed by atoms with van der Waals surface area (Å²) in [6.07, 6.45) is 0. The molecule has 0 atom stereocenters. The van der Waals surface area contributed by atoms with Crippen molar-refractivity contribution in [1.82, 2.24) is 0 Å². The number of benzene rings is 4. The number of rotatable bonds is 3. The Kier molecular flexibility index (Phi) is 7.95. The van der Waals surface area contributed by atoms with Gasteiger partial charge >= 0.3 is 0 Å². The third-order valence-corrected chi connectivity index (χ3v) is 5.41. The number of carbonyl (C=O) groups is 1. The fourth-order valence-corrected chi connectivity index (χ4v) is 3.46. The van der Waals surface area contributed by atoms with E-state index in [1.807, 2.05) is 48.5 Å². The molecule has 5 heteroatoms. The minimum atomic E-state index is -0.0340. The molecule has 1 nitrogen and oxygen atoms in total. The third-order valence-electron chi connectivity index (χ3n) is 4.25. The highest BCUT2D eigenvalue weighted by Gasteiger charge is 2.08. The molecule has 0 bridgehead atoms. The van der Waals surface area contributed by atoms with Gasteiger partial charge < -0.3 is 0 Å². The van der Waals surface area contributed by atoms with Gasteiger partial charge in [-0.15, -0.1) is 0 Å². The molecule has 0 spiro atoms. The summed E-state index contributed by atoms with van der Waals surface area (Å²) in [5, 5.41) is 2.68. The van der Waals surface area contributed by atoms with E-state index in [2.05, 4.69) is 0 Å². The molecule has 150 valence electrons. The highest BCUT2D eigenvalue weighted by atomic mass is 35.5. The molecule has 0 heterocycles. The largest absolute Gasteiger partial charge is 0.289 e. The Morgan fingerprint density at radius 3 is 1.13 bits per heavy atom. The molecular weight excluding hydrogens is 458 g/mol. The number of hydrogen-bond acceptors (Lipinski definition) is 1. The first-order chi connectivity index (χ1) is 14.5. The topological polar surface area (TPSA) is 17.1 Å². The Hall–Kier alpha value is -2.29. The first kappa shape index (κ1) is 22.4. The lowest BCUT2D eigenvalue weighted by molar-refractivity contribution is 0.103. The van der Waals surface area contributed by atoms with Crippen LogP contribution in [0.5, 0.6) is 0 Å². The van der Waals surface area contributed by atoms with E-state index in [1.165, 1.54) is 0 Å². The van der Waals surface area contributed by atoms with Crippen molar-refractivity contribution in [2.45, 2.75) is 0 Å². The smallest absolute Gasteiger partial charge is 0.193 e. The van der Waals surface area contributed by atoms with Gasteiger partial charge in [0.2, 0.25) is 0 Å². The molecule has 4 rings (SSSR count). The van der Waals surface area contributed by atoms with Gasteiger partial charge in [0.1, 0.15) is 0 Å². The molecule has 0 N–H and O–H groups in total. The van der Waals surface area contributed by atoms with Crippen LogP contribution < -0.4 is 0 Å². The molecule has 0 radical (unpaired) electrons. The summed E-state index contributed by atoms with van der Waals surface area (Å²) < 4.78 is 0. The predicted octanol–water partition coefficient (Wildman–Crippen LogP) is 8.88. The lowest BCUT2D eigenvalue weighted by Gasteiger charge is -2.05. The molecule has 0 saturated carbocycles. The van der Waals surface area contributed by atoms with Gasteiger partial charge in [0, 0.05) is 42.3 Å². The molecule has 0 unspecified atom stereocenters. The van der Waals surface area contributed by atoms with E-state index >= 15 is 0 Å². The second-order valence-corrected chi connectivity index (χ2v) is 7.99. The summed E-state index contributed by atoms with van der Waals surface area (Å²) in [5.41, 5.74) is 3.18. The van der Waals surface area contributed by atoms with Crippen LogP contribution in [0.3, 0.4) is 0 Å². The zero-order valence-electron chi connectivity index (χ0n) is 15.7. The van der Waals surface area contributed by atoms with Crippen molar-refractivity contribution in [2.75, 3.05) is 0 Å². The number of hydrogen-bond donors (Lipinski definition) is 0. The van der Waals surface area contributed by atoms with Gasteiger partial charge in [-0.25, -0.2) is 0 Å². The Morgan fingerprint density at radius 2 is 0.800 bits per heavy atom. The maximum Gasteiger partial charge on any atom is 0.193 e. The minimum Gasteiger partial charge on any atom is -0.289 e. The molecule has 0 aliphatic heterocycles. The van der Waals surface area contributed by atoms with E-state index in [-0.39, 0.29) is 5.78 Å². The number of halogens is 4. The minimum absolute atomic E-state index is 0.0340. The second kappa shape index (κ2) is 10.7. The SMILES string of the molecule is Clc1ccccc1-c1ccccc1Cl.O=C(c1ccc(Cl)cc1)c1ccc(Cl)cc1. The fourth-order valence-electron chi connectivity index (χ4n) is 2.73. The van der Waals surface area contributed by atoms with Crippen LogP contribution in [-0.4, -0.2) is 5.78 Å². The van der Waals surface area contributed by atoms with Crippen molar-refractivity contribution in [3.8, 4) is 11.1 Å². The van der Waals surface area contributed by atoms with E-state index in [1.54, 1.807) is 48.5 Å². The summed E-state index contributed by atoms with van der Waals surface area (Å²) in [5.74, 6) is -0.0340. The molecule has 0 aromatic heterocycles. The van der Waals surface area contributed by atoms with Crippen molar-refractivity contribution < 1.29 is 4.79 Å². The van der Waals surface area contributed by atoms with E-state index < -0.39 is 0 Å². The van der Waals surface area contributed by atoms with E-state index in [9.17, 15) is 4.79 Å². The highest BCUT2D eigenvalue weighted by Crippen LogP contribution is 2.32. The molecule has 30 heavy (non-hydrogen) atoms. The standard InChI is InChI=1S/C13H8Cl2O.C12H8Cl2/c14-11-5-1-9(2-6-11)13(16)10-3-7-12(15)8-4-10;13-11-7-3-1-5-9(11)10-6-2-4-8-12(10)14/h1-8H;1-8H. The van der Waals surface area contributed by atoms with Crippen molar-refractivity contribution >= 4 is 52.2 Å². The zero-order valence-corrected chi connectivity index (χ0v) is 18.7. The third kappa shape index (κ3) is 5.87. The van der Waals surface area contributed by atoms with Crippen LogP contribution in [-0.2, 0) is 0 Å². The van der Waals surface area contributed by atoms with Crippen molar-refractivity contribution in [2.24, 2.45) is 0 Å². The Morgan fingerprint density at radius 1 is 0.467 bits per heavy atom. The maximum atomic E-state index is 12.0. The molecule has 0 aliphatic carbocycles. The molecule has 4 aromatic rings. The van der Waals surface area contributed by atoms with Crippen molar-refractivity contribution in [1.29, 1.82) is 0 Å². The average molecular weight is 474 g/mol. The van der Waals surface area contributed by atoms with Gasteiger partial charge in [-0.1, -0.05) is 82.8 Å². The van der Waals surface area contributed by atoms with E-state index in [0.29, 0.717) is 21.2 Å². The monoisotopic (exact) mass is 472 g/mol. The average Bonchev–Trinajstić information content (AvgIpc) is 2.76. The van der Waals surface area contributed by atoms with Gasteiger partial charge in [-0.3, -0.25) is 4.79 Å². The van der Waals surface area contributed by atoms with Gasteiger partial charge in [-0.2, -0.15) is 0 Å². The zero-order chi connectivity index (χ0) is 21.5. The van der Waals surface area contributed by atoms with Gasteiger partial charge in [0.15, 0.2) is 5.78 Å². The molecule has 0 aliphatic rings. The molecule has 0 fully saturated rings. The summed E-state index contributed by atoms with van der Waals surface area (Å²) in [7, 11) is 0. The maximum absolute atomic E-state index is 12.0. The normalized spacial score (nSPS) is 10.1. The number of ketones is 1. The van der Waals surface area contributed by atoms with Crippen LogP contribution >= 0.6 is 46.4 Å². The molecular formula is C25H16Cl4O. The summed E-state index contributed by atoms with van der Waals surface area (Å²) >= 11 is 23.7. The van der Waals surface area contributed by atoms with Gasteiger partial charge in [0.25, 0.3) is 0 Å². The second-order valence-electron chi connectivity index (χ2n) is 6.30. The lowest BCUT2D eigenvalue weighted by Crippen LogP contribution is -2.00. The van der Waals surface area contributed by atoms with Crippen molar-refractivity contribution in [3.63, 3.8) is 0 Å². The van der Waals surface area contributed by atoms with Crippen molar-refractivity contribution in [3.05, 3.63) is 128 Å². The summed E-state index contributed by atoms with van der Waals surface area (Å²) in [6, 6.07) is 29.0. The Balaban J connectivity index is 0.000000172. The van der Waals surface area contributed by atoms with Crippen LogP contribution in [0.25, 0.3) is 11.1 Å². The summed E-state index contributed by atoms with van der Waals surface area (Å²) in [4.78, 5) is 12.0. The van der Waals surface area contributed by atoms with Crippen LogP contribution in [0.4, 0.5) is 0 Å². The number of carbonyl (C=O) groups excluding carboxylic acids is 1. The lowest BCUT2D eigenvalue weighted by atomic mass is 10.0. The predicted molar refractivity (Wildman–Crippen MR) is 128 cm³/mol. The van der Waals surface area contributed by atoms with Crippen LogP contribution in [0.15, 0.2) is 97.1 Å². The van der Waals surface area contributed by atoms with Gasteiger partial charge in [-0.05, 0) is 60.7 Å². The van der Waals surface area contributed by atoms with Gasteiger partial charge in [0.05, 0.1) is 0 Å². The van der Waals surface area contributed by atoms with E-state index in [4.69, 9.17) is 46.4 Å². The quantitative estimate of drug-likeness (QED) is 0.271. The first-order valence-electron chi connectivity index (χ1n) is 9.01.